The van der Waals surface area contributed by atoms with Gasteiger partial charge in [0, 0.05) is 55.5 Å². The van der Waals surface area contributed by atoms with E-state index in [1.807, 2.05) is 29.2 Å². The fourth-order valence-corrected chi connectivity index (χ4v) is 6.11. The van der Waals surface area contributed by atoms with Crippen LogP contribution in [0.15, 0.2) is 57.8 Å². The summed E-state index contributed by atoms with van der Waals surface area (Å²) in [6.07, 6.45) is 1.78. The highest BCUT2D eigenvalue weighted by Gasteiger charge is 2.28. The van der Waals surface area contributed by atoms with Crippen LogP contribution in [0, 0.1) is 11.3 Å². The molecule has 2 aromatic carbocycles. The van der Waals surface area contributed by atoms with Crippen LogP contribution in [-0.2, 0) is 10.0 Å². The number of anilines is 2. The molecule has 10 heteroatoms. The number of aromatic nitrogens is 1. The lowest BCUT2D eigenvalue weighted by Gasteiger charge is -2.35. The van der Waals surface area contributed by atoms with Crippen LogP contribution < -0.4 is 9.80 Å². The second kappa shape index (κ2) is 9.29. The number of sulfonamides is 1. The number of hydrogen-bond donors (Lipinski definition) is 0. The van der Waals surface area contributed by atoms with E-state index < -0.39 is 10.0 Å². The van der Waals surface area contributed by atoms with Crippen molar-refractivity contribution < 1.29 is 12.8 Å². The molecule has 2 saturated heterocycles. The Morgan fingerprint density at radius 1 is 0.941 bits per heavy atom. The van der Waals surface area contributed by atoms with Crippen LogP contribution in [-0.4, -0.2) is 57.0 Å². The minimum atomic E-state index is -3.48. The molecule has 0 unspecified atom stereocenters. The van der Waals surface area contributed by atoms with Crippen LogP contribution in [0.1, 0.15) is 18.5 Å². The first-order valence-corrected chi connectivity index (χ1v) is 13.0. The maximum Gasteiger partial charge on any atom is 0.243 e. The Hall–Kier alpha value is -3.06. The minimum Gasteiger partial charge on any atom is -0.419 e. The summed E-state index contributed by atoms with van der Waals surface area (Å²) in [5.41, 5.74) is 1.91. The molecule has 0 N–H and O–H groups in total. The number of nitriles is 1. The molecular formula is C24H24ClN5O3S. The van der Waals surface area contributed by atoms with Gasteiger partial charge in [-0.15, -0.1) is 0 Å². The second-order valence-corrected chi connectivity index (χ2v) is 10.7. The third-order valence-electron chi connectivity index (χ3n) is 6.26. The molecule has 34 heavy (non-hydrogen) atoms. The molecule has 2 fully saturated rings. The molecule has 176 valence electrons. The van der Waals surface area contributed by atoms with Crippen molar-refractivity contribution in [3.8, 4) is 17.5 Å². The third kappa shape index (κ3) is 4.37. The lowest BCUT2D eigenvalue weighted by Crippen LogP contribution is -2.46. The third-order valence-corrected chi connectivity index (χ3v) is 8.41. The average Bonchev–Trinajstić information content (AvgIpc) is 3.55. The highest BCUT2D eigenvalue weighted by molar-refractivity contribution is 7.89. The summed E-state index contributed by atoms with van der Waals surface area (Å²) in [5, 5.41) is 10.3. The molecule has 0 bridgehead atoms. The summed E-state index contributed by atoms with van der Waals surface area (Å²) in [4.78, 5) is 8.88. The Morgan fingerprint density at radius 3 is 2.26 bits per heavy atom. The van der Waals surface area contributed by atoms with E-state index in [1.54, 1.807) is 24.3 Å². The van der Waals surface area contributed by atoms with Gasteiger partial charge in [-0.2, -0.15) is 14.6 Å². The van der Waals surface area contributed by atoms with Gasteiger partial charge in [-0.25, -0.2) is 8.42 Å². The Balaban J connectivity index is 1.32. The van der Waals surface area contributed by atoms with E-state index in [2.05, 4.69) is 16.0 Å². The fraction of sp³-hybridized carbons (Fsp3) is 0.333. The van der Waals surface area contributed by atoms with Crippen molar-refractivity contribution in [2.24, 2.45) is 0 Å². The van der Waals surface area contributed by atoms with Crippen molar-refractivity contribution in [2.75, 3.05) is 49.1 Å². The van der Waals surface area contributed by atoms with Gasteiger partial charge in [-0.3, -0.25) is 0 Å². The molecule has 8 nitrogen and oxygen atoms in total. The highest BCUT2D eigenvalue weighted by atomic mass is 35.5. The van der Waals surface area contributed by atoms with E-state index in [0.29, 0.717) is 48.5 Å². The van der Waals surface area contributed by atoms with E-state index in [1.165, 1.54) is 4.31 Å². The summed E-state index contributed by atoms with van der Waals surface area (Å²) < 4.78 is 33.1. The summed E-state index contributed by atoms with van der Waals surface area (Å²) in [5.74, 6) is 0.742. The molecule has 3 aromatic rings. The van der Waals surface area contributed by atoms with E-state index in [-0.39, 0.29) is 10.6 Å². The van der Waals surface area contributed by atoms with Crippen molar-refractivity contribution in [3.05, 3.63) is 59.2 Å². The van der Waals surface area contributed by atoms with Crippen molar-refractivity contribution in [1.82, 2.24) is 9.29 Å². The van der Waals surface area contributed by atoms with Gasteiger partial charge in [-0.05, 0) is 55.3 Å². The second-order valence-electron chi connectivity index (χ2n) is 8.37. The molecule has 0 aliphatic carbocycles. The first-order valence-electron chi connectivity index (χ1n) is 11.2. The Kier molecular flexibility index (Phi) is 6.21. The van der Waals surface area contributed by atoms with Crippen LogP contribution in [0.25, 0.3) is 11.5 Å². The van der Waals surface area contributed by atoms with Crippen molar-refractivity contribution in [1.29, 1.82) is 5.26 Å². The largest absolute Gasteiger partial charge is 0.419 e. The van der Waals surface area contributed by atoms with Gasteiger partial charge in [0.25, 0.3) is 0 Å². The Labute approximate surface area is 204 Å². The number of rotatable bonds is 5. The quantitative estimate of drug-likeness (QED) is 0.526. The molecule has 2 aliphatic rings. The van der Waals surface area contributed by atoms with Crippen LogP contribution in [0.2, 0.25) is 5.02 Å². The van der Waals surface area contributed by atoms with Crippen LogP contribution in [0.4, 0.5) is 11.6 Å². The normalized spacial score (nSPS) is 17.2. The van der Waals surface area contributed by atoms with Gasteiger partial charge in [0.15, 0.2) is 0 Å². The monoisotopic (exact) mass is 497 g/mol. The molecule has 0 radical (unpaired) electrons. The van der Waals surface area contributed by atoms with Gasteiger partial charge in [0.1, 0.15) is 6.07 Å². The molecule has 1 aromatic heterocycles. The van der Waals surface area contributed by atoms with E-state index in [4.69, 9.17) is 16.0 Å². The average molecular weight is 498 g/mol. The topological polar surface area (TPSA) is 93.7 Å². The molecule has 3 heterocycles. The highest BCUT2D eigenvalue weighted by Crippen LogP contribution is 2.31. The van der Waals surface area contributed by atoms with E-state index in [9.17, 15) is 13.7 Å². The van der Waals surface area contributed by atoms with Crippen LogP contribution >= 0.6 is 11.6 Å². The van der Waals surface area contributed by atoms with Gasteiger partial charge in [-0.1, -0.05) is 17.7 Å². The summed E-state index contributed by atoms with van der Waals surface area (Å²) >= 11 is 6.12. The number of hydrogen-bond acceptors (Lipinski definition) is 7. The lowest BCUT2D eigenvalue weighted by atomic mass is 10.2. The van der Waals surface area contributed by atoms with Gasteiger partial charge >= 0.3 is 0 Å². The standard InChI is InChI=1S/C24H24ClN5O3S/c25-19-4-3-5-20(16-19)28-12-14-29(15-13-28)24-22(17-26)27-23(33-24)18-6-8-21(9-7-18)34(31,32)30-10-1-2-11-30/h3-9,16H,1-2,10-15H2. The number of oxazole rings is 1. The maximum atomic E-state index is 12.8. The van der Waals surface area contributed by atoms with Crippen molar-refractivity contribution in [2.45, 2.75) is 17.7 Å². The predicted octanol–water partition coefficient (Wildman–Crippen LogP) is 3.98. The molecule has 0 saturated carbocycles. The first-order chi connectivity index (χ1) is 16.5. The zero-order valence-electron chi connectivity index (χ0n) is 18.5. The maximum absolute atomic E-state index is 12.8. The summed E-state index contributed by atoms with van der Waals surface area (Å²) in [6, 6.07) is 16.4. The first kappa shape index (κ1) is 22.7. The van der Waals surface area contributed by atoms with Crippen LogP contribution in [0.5, 0.6) is 0 Å². The Morgan fingerprint density at radius 2 is 1.62 bits per heavy atom. The smallest absolute Gasteiger partial charge is 0.243 e. The van der Waals surface area contributed by atoms with Gasteiger partial charge in [0.2, 0.25) is 27.5 Å². The summed E-state index contributed by atoms with van der Waals surface area (Å²) in [6.45, 7) is 3.97. The number of nitrogens with zero attached hydrogens (tertiary/aromatic N) is 5. The van der Waals surface area contributed by atoms with E-state index >= 15 is 0 Å². The molecule has 0 spiro atoms. The molecule has 5 rings (SSSR count). The summed E-state index contributed by atoms with van der Waals surface area (Å²) in [7, 11) is -3.48. The zero-order valence-corrected chi connectivity index (χ0v) is 20.1. The number of piperazine rings is 1. The number of benzene rings is 2. The molecule has 0 atom stereocenters. The van der Waals surface area contributed by atoms with E-state index in [0.717, 1.165) is 31.6 Å². The van der Waals surface area contributed by atoms with Crippen LogP contribution in [0.3, 0.4) is 0 Å². The predicted molar refractivity (Wildman–Crippen MR) is 131 cm³/mol. The van der Waals surface area contributed by atoms with Gasteiger partial charge in [0.05, 0.1) is 4.90 Å². The lowest BCUT2D eigenvalue weighted by molar-refractivity contribution is 0.477. The molecule has 2 aliphatic heterocycles. The molecule has 0 amide bonds. The minimum absolute atomic E-state index is 0.222. The van der Waals surface area contributed by atoms with Crippen molar-refractivity contribution >= 4 is 33.2 Å². The van der Waals surface area contributed by atoms with Crippen molar-refractivity contribution in [3.63, 3.8) is 0 Å². The zero-order chi connectivity index (χ0) is 23.7. The van der Waals surface area contributed by atoms with Gasteiger partial charge < -0.3 is 14.2 Å². The molecular weight excluding hydrogens is 474 g/mol. The number of halogens is 1. The fourth-order valence-electron chi connectivity index (χ4n) is 4.41. The SMILES string of the molecule is N#Cc1nc(-c2ccc(S(=O)(=O)N3CCCC3)cc2)oc1N1CCN(c2cccc(Cl)c2)CC1. The Bertz CT molecular complexity index is 1320.